The minimum atomic E-state index is -0.262. The smallest absolute Gasteiger partial charge is 0.234 e. The molecule has 2 rings (SSSR count). The van der Waals surface area contributed by atoms with E-state index in [4.69, 9.17) is 14.7 Å². The average Bonchev–Trinajstić information content (AvgIpc) is 2.64. The summed E-state index contributed by atoms with van der Waals surface area (Å²) in [5, 5.41) is 11.2. The van der Waals surface area contributed by atoms with Gasteiger partial charge < -0.3 is 14.8 Å². The summed E-state index contributed by atoms with van der Waals surface area (Å²) in [4.78, 5) is 11.4. The molecular weight excluding hydrogens is 316 g/mol. The molecule has 0 aliphatic carbocycles. The highest BCUT2D eigenvalue weighted by molar-refractivity contribution is 5.77. The molecule has 0 unspecified atom stereocenters. The van der Waals surface area contributed by atoms with E-state index in [2.05, 4.69) is 17.4 Å². The SMILES string of the molecule is COc1ccc(CCNC(=O)CC#N)c(OCCc2ccccc2)c1. The first kappa shape index (κ1) is 18.3. The lowest BCUT2D eigenvalue weighted by Crippen LogP contribution is -2.25. The molecule has 0 aliphatic heterocycles. The van der Waals surface area contributed by atoms with Gasteiger partial charge in [0.25, 0.3) is 0 Å². The second kappa shape index (κ2) is 9.99. The lowest BCUT2D eigenvalue weighted by atomic mass is 10.1. The molecule has 5 heteroatoms. The first-order chi connectivity index (χ1) is 12.2. The molecular formula is C20H22N2O3. The third kappa shape index (κ3) is 6.19. The first-order valence-electron chi connectivity index (χ1n) is 8.20. The fourth-order valence-electron chi connectivity index (χ4n) is 2.40. The largest absolute Gasteiger partial charge is 0.497 e. The number of carbonyl (C=O) groups excluding carboxylic acids is 1. The van der Waals surface area contributed by atoms with E-state index in [1.165, 1.54) is 5.56 Å². The van der Waals surface area contributed by atoms with E-state index in [1.807, 2.05) is 42.5 Å². The number of methoxy groups -OCH3 is 1. The molecule has 0 spiro atoms. The van der Waals surface area contributed by atoms with Gasteiger partial charge in [0.1, 0.15) is 17.9 Å². The van der Waals surface area contributed by atoms with Crippen LogP contribution in [0.1, 0.15) is 17.5 Å². The number of hydrogen-bond acceptors (Lipinski definition) is 4. The normalized spacial score (nSPS) is 9.92. The second-order valence-electron chi connectivity index (χ2n) is 5.49. The molecule has 0 fully saturated rings. The molecule has 0 saturated heterocycles. The molecule has 0 aromatic heterocycles. The number of carbonyl (C=O) groups is 1. The summed E-state index contributed by atoms with van der Waals surface area (Å²) in [6.45, 7) is 1.02. The maximum atomic E-state index is 11.4. The Morgan fingerprint density at radius 2 is 1.96 bits per heavy atom. The lowest BCUT2D eigenvalue weighted by molar-refractivity contribution is -0.120. The predicted molar refractivity (Wildman–Crippen MR) is 95.6 cm³/mol. The van der Waals surface area contributed by atoms with E-state index in [-0.39, 0.29) is 12.3 Å². The number of nitriles is 1. The number of amides is 1. The van der Waals surface area contributed by atoms with Crippen LogP contribution in [0.2, 0.25) is 0 Å². The van der Waals surface area contributed by atoms with Crippen molar-refractivity contribution >= 4 is 5.91 Å². The van der Waals surface area contributed by atoms with Gasteiger partial charge in [-0.1, -0.05) is 36.4 Å². The van der Waals surface area contributed by atoms with Gasteiger partial charge >= 0.3 is 0 Å². The number of ether oxygens (including phenoxy) is 2. The van der Waals surface area contributed by atoms with Crippen molar-refractivity contribution in [2.45, 2.75) is 19.3 Å². The Labute approximate surface area is 148 Å². The average molecular weight is 338 g/mol. The standard InChI is InChI=1S/C20H22N2O3/c1-24-18-8-7-17(10-13-22-20(23)9-12-21)19(15-18)25-14-11-16-5-3-2-4-6-16/h2-8,15H,9-11,13-14H2,1H3,(H,22,23). The Morgan fingerprint density at radius 3 is 2.68 bits per heavy atom. The molecule has 1 N–H and O–H groups in total. The Bertz CT molecular complexity index is 723. The summed E-state index contributed by atoms with van der Waals surface area (Å²) in [6, 6.07) is 17.7. The summed E-state index contributed by atoms with van der Waals surface area (Å²) in [5.74, 6) is 1.22. The first-order valence-corrected chi connectivity index (χ1v) is 8.20. The van der Waals surface area contributed by atoms with Crippen molar-refractivity contribution in [1.29, 1.82) is 5.26 Å². The van der Waals surface area contributed by atoms with Crippen LogP contribution < -0.4 is 14.8 Å². The van der Waals surface area contributed by atoms with Crippen molar-refractivity contribution in [2.24, 2.45) is 0 Å². The van der Waals surface area contributed by atoms with Gasteiger partial charge in [-0.05, 0) is 23.6 Å². The van der Waals surface area contributed by atoms with Crippen LogP contribution in [0.4, 0.5) is 0 Å². The van der Waals surface area contributed by atoms with Gasteiger partial charge in [0.2, 0.25) is 5.91 Å². The van der Waals surface area contributed by atoms with E-state index >= 15 is 0 Å². The zero-order valence-electron chi connectivity index (χ0n) is 14.3. The molecule has 0 atom stereocenters. The van der Waals surface area contributed by atoms with Gasteiger partial charge in [0.15, 0.2) is 0 Å². The number of hydrogen-bond donors (Lipinski definition) is 1. The van der Waals surface area contributed by atoms with Crippen molar-refractivity contribution in [3.8, 4) is 17.6 Å². The van der Waals surface area contributed by atoms with Crippen molar-refractivity contribution in [2.75, 3.05) is 20.3 Å². The van der Waals surface area contributed by atoms with E-state index < -0.39 is 0 Å². The molecule has 25 heavy (non-hydrogen) atoms. The van der Waals surface area contributed by atoms with E-state index in [0.717, 1.165) is 23.5 Å². The second-order valence-corrected chi connectivity index (χ2v) is 5.49. The van der Waals surface area contributed by atoms with Crippen LogP contribution >= 0.6 is 0 Å². The molecule has 2 aromatic carbocycles. The van der Waals surface area contributed by atoms with Crippen LogP contribution in [0.5, 0.6) is 11.5 Å². The minimum Gasteiger partial charge on any atom is -0.497 e. The Kier molecular flexibility index (Phi) is 7.33. The highest BCUT2D eigenvalue weighted by Gasteiger charge is 2.07. The van der Waals surface area contributed by atoms with Crippen molar-refractivity contribution in [1.82, 2.24) is 5.32 Å². The van der Waals surface area contributed by atoms with Crippen molar-refractivity contribution < 1.29 is 14.3 Å². The quantitative estimate of drug-likeness (QED) is 0.763. The highest BCUT2D eigenvalue weighted by atomic mass is 16.5. The van der Waals surface area contributed by atoms with E-state index in [0.29, 0.717) is 19.6 Å². The summed E-state index contributed by atoms with van der Waals surface area (Å²) in [7, 11) is 1.62. The van der Waals surface area contributed by atoms with Crippen LogP contribution in [0.25, 0.3) is 0 Å². The zero-order chi connectivity index (χ0) is 17.9. The molecule has 0 heterocycles. The van der Waals surface area contributed by atoms with Crippen LogP contribution in [-0.2, 0) is 17.6 Å². The summed E-state index contributed by atoms with van der Waals surface area (Å²) >= 11 is 0. The van der Waals surface area contributed by atoms with Gasteiger partial charge in [0.05, 0.1) is 19.8 Å². The molecule has 0 aliphatic rings. The maximum Gasteiger partial charge on any atom is 0.234 e. The summed E-state index contributed by atoms with van der Waals surface area (Å²) in [5.41, 5.74) is 2.21. The third-order valence-electron chi connectivity index (χ3n) is 3.72. The molecule has 130 valence electrons. The minimum absolute atomic E-state index is 0.122. The molecule has 5 nitrogen and oxygen atoms in total. The molecule has 0 radical (unpaired) electrons. The molecule has 0 bridgehead atoms. The van der Waals surface area contributed by atoms with Crippen LogP contribution in [0.3, 0.4) is 0 Å². The van der Waals surface area contributed by atoms with E-state index in [1.54, 1.807) is 7.11 Å². The lowest BCUT2D eigenvalue weighted by Gasteiger charge is -2.13. The zero-order valence-corrected chi connectivity index (χ0v) is 14.3. The van der Waals surface area contributed by atoms with Crippen LogP contribution in [0.15, 0.2) is 48.5 Å². The molecule has 0 saturated carbocycles. The van der Waals surface area contributed by atoms with Crippen molar-refractivity contribution in [3.05, 3.63) is 59.7 Å². The van der Waals surface area contributed by atoms with Gasteiger partial charge in [-0.2, -0.15) is 5.26 Å². The molecule has 1 amide bonds. The monoisotopic (exact) mass is 338 g/mol. The van der Waals surface area contributed by atoms with Crippen molar-refractivity contribution in [3.63, 3.8) is 0 Å². The fourth-order valence-corrected chi connectivity index (χ4v) is 2.40. The topological polar surface area (TPSA) is 71.3 Å². The summed E-state index contributed by atoms with van der Waals surface area (Å²) < 4.78 is 11.2. The van der Waals surface area contributed by atoms with Gasteiger partial charge in [-0.15, -0.1) is 0 Å². The van der Waals surface area contributed by atoms with Crippen LogP contribution in [-0.4, -0.2) is 26.2 Å². The number of nitrogens with one attached hydrogen (secondary N) is 1. The maximum absolute atomic E-state index is 11.4. The predicted octanol–water partition coefficient (Wildman–Crippen LogP) is 2.89. The number of nitrogens with zero attached hydrogens (tertiary/aromatic N) is 1. The van der Waals surface area contributed by atoms with Gasteiger partial charge in [0, 0.05) is 19.0 Å². The number of rotatable bonds is 9. The highest BCUT2D eigenvalue weighted by Crippen LogP contribution is 2.25. The van der Waals surface area contributed by atoms with Gasteiger partial charge in [-0.25, -0.2) is 0 Å². The third-order valence-corrected chi connectivity index (χ3v) is 3.72. The Balaban J connectivity index is 1.94. The summed E-state index contributed by atoms with van der Waals surface area (Å²) in [6.07, 6.45) is 1.32. The molecule has 2 aromatic rings. The Morgan fingerprint density at radius 1 is 1.16 bits per heavy atom. The fraction of sp³-hybridized carbons (Fsp3) is 0.300. The van der Waals surface area contributed by atoms with Gasteiger partial charge in [-0.3, -0.25) is 4.79 Å². The van der Waals surface area contributed by atoms with E-state index in [9.17, 15) is 4.79 Å². The Hall–Kier alpha value is -3.00. The van der Waals surface area contributed by atoms with Crippen LogP contribution in [0, 0.1) is 11.3 Å². The number of benzene rings is 2.